The van der Waals surface area contributed by atoms with Gasteiger partial charge in [-0.25, -0.2) is 0 Å². The van der Waals surface area contributed by atoms with Crippen LogP contribution in [0.25, 0.3) is 0 Å². The number of nitrogens with zero attached hydrogens (tertiary/aromatic N) is 1. The third kappa shape index (κ3) is 2.68. The Hall–Kier alpha value is -1.14. The Morgan fingerprint density at radius 2 is 2.21 bits per heavy atom. The second-order valence-corrected chi connectivity index (χ2v) is 3.54. The molecule has 0 aromatic carbocycles. The fourth-order valence-corrected chi connectivity index (χ4v) is 1.42. The number of aliphatic carboxylic acids is 1. The van der Waals surface area contributed by atoms with Crippen molar-refractivity contribution in [1.82, 2.24) is 4.90 Å². The number of amides is 1. The molecule has 0 aromatic rings. The Balaban J connectivity index is 2.39. The third-order valence-electron chi connectivity index (χ3n) is 2.29. The summed E-state index contributed by atoms with van der Waals surface area (Å²) in [5.74, 6) is -1.38. The van der Waals surface area contributed by atoms with Crippen molar-refractivity contribution >= 4 is 11.9 Å². The molecule has 1 amide bonds. The maximum Gasteiger partial charge on any atom is 0.321 e. The van der Waals surface area contributed by atoms with E-state index in [9.17, 15) is 9.59 Å². The number of carbonyl (C=O) groups is 2. The van der Waals surface area contributed by atoms with E-state index in [1.54, 1.807) is 4.90 Å². The number of carboxylic acid groups (broad SMARTS) is 1. The molecule has 0 aromatic heterocycles. The minimum absolute atomic E-state index is 0.0139. The number of rotatable bonds is 3. The highest BCUT2D eigenvalue weighted by Gasteiger charge is 2.26. The largest absolute Gasteiger partial charge is 0.480 e. The van der Waals surface area contributed by atoms with E-state index in [-0.39, 0.29) is 18.4 Å². The number of carbonyl (C=O) groups excluding carboxylic acids is 1. The Morgan fingerprint density at radius 1 is 1.57 bits per heavy atom. The van der Waals surface area contributed by atoms with Crippen molar-refractivity contribution in [3.8, 4) is 0 Å². The summed E-state index contributed by atoms with van der Waals surface area (Å²) in [6, 6.07) is -1.10. The van der Waals surface area contributed by atoms with Gasteiger partial charge in [-0.2, -0.15) is 0 Å². The molecule has 1 aliphatic rings. The van der Waals surface area contributed by atoms with Crippen molar-refractivity contribution in [2.24, 2.45) is 11.5 Å². The van der Waals surface area contributed by atoms with Crippen LogP contribution in [-0.2, 0) is 9.59 Å². The van der Waals surface area contributed by atoms with E-state index in [1.807, 2.05) is 0 Å². The van der Waals surface area contributed by atoms with Gasteiger partial charge in [0.25, 0.3) is 0 Å². The molecule has 2 atom stereocenters. The van der Waals surface area contributed by atoms with Crippen LogP contribution in [0.3, 0.4) is 0 Å². The topological polar surface area (TPSA) is 110 Å². The number of nitrogens with two attached hydrogens (primary N) is 2. The first-order valence-corrected chi connectivity index (χ1v) is 4.52. The second kappa shape index (κ2) is 4.39. The summed E-state index contributed by atoms with van der Waals surface area (Å²) < 4.78 is 0. The lowest BCUT2D eigenvalue weighted by atomic mass is 10.2. The Bertz CT molecular complexity index is 244. The van der Waals surface area contributed by atoms with Gasteiger partial charge in [0, 0.05) is 19.1 Å². The molecule has 1 rings (SSSR count). The van der Waals surface area contributed by atoms with Crippen LogP contribution < -0.4 is 11.5 Å². The SMILES string of the molecule is NC1CCN(C(=O)C[C@H](N)C(=O)O)C1. The molecule has 1 unspecified atom stereocenters. The maximum atomic E-state index is 11.4. The van der Waals surface area contributed by atoms with Gasteiger partial charge >= 0.3 is 5.97 Å². The van der Waals surface area contributed by atoms with Crippen LogP contribution in [0.1, 0.15) is 12.8 Å². The van der Waals surface area contributed by atoms with Gasteiger partial charge in [0.1, 0.15) is 6.04 Å². The van der Waals surface area contributed by atoms with Crippen LogP contribution in [0.4, 0.5) is 0 Å². The number of hydrogen-bond acceptors (Lipinski definition) is 4. The van der Waals surface area contributed by atoms with E-state index >= 15 is 0 Å². The fraction of sp³-hybridized carbons (Fsp3) is 0.750. The normalized spacial score (nSPS) is 23.6. The van der Waals surface area contributed by atoms with E-state index in [2.05, 4.69) is 0 Å². The van der Waals surface area contributed by atoms with E-state index in [4.69, 9.17) is 16.6 Å². The van der Waals surface area contributed by atoms with Crippen molar-refractivity contribution in [2.75, 3.05) is 13.1 Å². The molecule has 0 radical (unpaired) electrons. The van der Waals surface area contributed by atoms with E-state index in [1.165, 1.54) is 0 Å². The van der Waals surface area contributed by atoms with Gasteiger partial charge in [0.15, 0.2) is 0 Å². The molecule has 0 bridgehead atoms. The number of likely N-dealkylation sites (tertiary alicyclic amines) is 1. The fourth-order valence-electron chi connectivity index (χ4n) is 1.42. The summed E-state index contributed by atoms with van der Waals surface area (Å²) in [6.45, 7) is 1.11. The zero-order valence-electron chi connectivity index (χ0n) is 7.85. The van der Waals surface area contributed by atoms with E-state index in [0.717, 1.165) is 6.42 Å². The monoisotopic (exact) mass is 201 g/mol. The zero-order chi connectivity index (χ0) is 10.7. The quantitative estimate of drug-likeness (QED) is 0.506. The van der Waals surface area contributed by atoms with Crippen LogP contribution in [0.5, 0.6) is 0 Å². The first-order valence-electron chi connectivity index (χ1n) is 4.52. The summed E-state index contributed by atoms with van der Waals surface area (Å²) in [6.07, 6.45) is 0.621. The van der Waals surface area contributed by atoms with Crippen molar-refractivity contribution in [2.45, 2.75) is 24.9 Å². The molecule has 0 aliphatic carbocycles. The van der Waals surface area contributed by atoms with Crippen molar-refractivity contribution in [3.63, 3.8) is 0 Å². The summed E-state index contributed by atoms with van der Waals surface area (Å²) in [4.78, 5) is 23.4. The predicted octanol–water partition coefficient (Wildman–Crippen LogP) is -1.65. The van der Waals surface area contributed by atoms with E-state index < -0.39 is 12.0 Å². The van der Waals surface area contributed by atoms with Gasteiger partial charge < -0.3 is 21.5 Å². The standard InChI is InChI=1S/C8H15N3O3/c9-5-1-2-11(4-5)7(12)3-6(10)8(13)14/h5-6H,1-4,9-10H2,(H,13,14)/t5?,6-/m0/s1. The lowest BCUT2D eigenvalue weighted by Gasteiger charge is -2.16. The number of carboxylic acids is 1. The molecule has 6 nitrogen and oxygen atoms in total. The molecule has 6 heteroatoms. The molecule has 80 valence electrons. The van der Waals surface area contributed by atoms with Crippen molar-refractivity contribution < 1.29 is 14.7 Å². The summed E-state index contributed by atoms with van der Waals surface area (Å²) >= 11 is 0. The van der Waals surface area contributed by atoms with Gasteiger partial charge in [0.2, 0.25) is 5.91 Å². The van der Waals surface area contributed by atoms with E-state index in [0.29, 0.717) is 13.1 Å². The van der Waals surface area contributed by atoms with Gasteiger partial charge in [0.05, 0.1) is 6.42 Å². The van der Waals surface area contributed by atoms with Crippen molar-refractivity contribution in [3.05, 3.63) is 0 Å². The average molecular weight is 201 g/mol. The lowest BCUT2D eigenvalue weighted by molar-refractivity contribution is -0.142. The Kier molecular flexibility index (Phi) is 3.43. The Morgan fingerprint density at radius 3 is 2.64 bits per heavy atom. The van der Waals surface area contributed by atoms with Crippen LogP contribution >= 0.6 is 0 Å². The molecule has 5 N–H and O–H groups in total. The van der Waals surface area contributed by atoms with Crippen LogP contribution in [0, 0.1) is 0 Å². The van der Waals surface area contributed by atoms with Crippen molar-refractivity contribution in [1.29, 1.82) is 0 Å². The molecule has 1 fully saturated rings. The highest BCUT2D eigenvalue weighted by Crippen LogP contribution is 2.09. The molecule has 0 saturated carbocycles. The van der Waals surface area contributed by atoms with Gasteiger partial charge in [-0.1, -0.05) is 0 Å². The summed E-state index contributed by atoms with van der Waals surface area (Å²) in [7, 11) is 0. The molecule has 14 heavy (non-hydrogen) atoms. The minimum atomic E-state index is -1.15. The predicted molar refractivity (Wildman–Crippen MR) is 49.4 cm³/mol. The highest BCUT2D eigenvalue weighted by molar-refractivity contribution is 5.84. The minimum Gasteiger partial charge on any atom is -0.480 e. The smallest absolute Gasteiger partial charge is 0.321 e. The molecule has 1 heterocycles. The van der Waals surface area contributed by atoms with Crippen LogP contribution in [0.2, 0.25) is 0 Å². The average Bonchev–Trinajstić information content (AvgIpc) is 2.51. The first kappa shape index (κ1) is 10.9. The summed E-state index contributed by atoms with van der Waals surface area (Å²) in [5, 5.41) is 8.51. The molecule has 1 aliphatic heterocycles. The second-order valence-electron chi connectivity index (χ2n) is 3.54. The maximum absolute atomic E-state index is 11.4. The van der Waals surface area contributed by atoms with Crippen LogP contribution in [-0.4, -0.2) is 47.1 Å². The highest BCUT2D eigenvalue weighted by atomic mass is 16.4. The molecular formula is C8H15N3O3. The Labute approximate surface area is 81.8 Å². The molecule has 0 spiro atoms. The first-order chi connectivity index (χ1) is 6.50. The molecular weight excluding hydrogens is 186 g/mol. The third-order valence-corrected chi connectivity index (χ3v) is 2.29. The van der Waals surface area contributed by atoms with Gasteiger partial charge in [-0.3, -0.25) is 9.59 Å². The number of hydrogen-bond donors (Lipinski definition) is 3. The summed E-state index contributed by atoms with van der Waals surface area (Å²) in [5.41, 5.74) is 10.9. The lowest BCUT2D eigenvalue weighted by Crippen LogP contribution is -2.39. The van der Waals surface area contributed by atoms with Crippen LogP contribution in [0.15, 0.2) is 0 Å². The molecule has 1 saturated heterocycles. The van der Waals surface area contributed by atoms with Gasteiger partial charge in [-0.05, 0) is 6.42 Å². The zero-order valence-corrected chi connectivity index (χ0v) is 7.85. The van der Waals surface area contributed by atoms with Gasteiger partial charge in [-0.15, -0.1) is 0 Å².